The van der Waals surface area contributed by atoms with Gasteiger partial charge < -0.3 is 20.5 Å². The smallest absolute Gasteiger partial charge is 0.191 e. The van der Waals surface area contributed by atoms with E-state index in [1.807, 2.05) is 12.3 Å². The van der Waals surface area contributed by atoms with E-state index in [0.717, 1.165) is 18.8 Å². The second-order valence-electron chi connectivity index (χ2n) is 5.15. The van der Waals surface area contributed by atoms with Gasteiger partial charge in [-0.2, -0.15) is 0 Å². The highest BCUT2D eigenvalue weighted by Crippen LogP contribution is 2.18. The molecule has 0 radical (unpaired) electrons. The number of nitrogens with one attached hydrogen (secondary N) is 2. The Morgan fingerprint density at radius 1 is 1.33 bits per heavy atom. The number of hydrogen-bond donors (Lipinski definition) is 3. The van der Waals surface area contributed by atoms with Crippen molar-refractivity contribution in [2.75, 3.05) is 43.7 Å². The molecule has 120 valence electrons. The molecule has 0 aliphatic heterocycles. The molecule has 0 bridgehead atoms. The van der Waals surface area contributed by atoms with Gasteiger partial charge in [-0.3, -0.25) is 0 Å². The third kappa shape index (κ3) is 6.97. The van der Waals surface area contributed by atoms with E-state index in [9.17, 15) is 5.11 Å². The summed E-state index contributed by atoms with van der Waals surface area (Å²) < 4.78 is 5.00. The van der Waals surface area contributed by atoms with Crippen LogP contribution in [-0.4, -0.2) is 53.7 Å². The topological polar surface area (TPSA) is 79.3 Å². The number of aliphatic hydroxyl groups is 1. The van der Waals surface area contributed by atoms with Gasteiger partial charge in [0.2, 0.25) is 0 Å². The van der Waals surface area contributed by atoms with Gasteiger partial charge in [-0.05, 0) is 19.6 Å². The molecule has 3 N–H and O–H groups in total. The molecule has 0 aliphatic rings. The van der Waals surface area contributed by atoms with Gasteiger partial charge >= 0.3 is 0 Å². The van der Waals surface area contributed by atoms with Gasteiger partial charge in [0, 0.05) is 39.3 Å². The second-order valence-corrected chi connectivity index (χ2v) is 5.92. The molecular formula is C14H26N4O2S. The Bertz CT molecular complexity index is 429. The molecule has 0 aliphatic carbocycles. The summed E-state index contributed by atoms with van der Waals surface area (Å²) in [5, 5.41) is 17.4. The minimum Gasteiger partial charge on any atom is -0.388 e. The average molecular weight is 314 g/mol. The lowest BCUT2D eigenvalue weighted by atomic mass is 10.0. The van der Waals surface area contributed by atoms with Crippen LogP contribution in [0.2, 0.25) is 0 Å². The average Bonchev–Trinajstić information content (AvgIpc) is 2.49. The van der Waals surface area contributed by atoms with E-state index in [2.05, 4.69) is 27.5 Å². The second kappa shape index (κ2) is 9.07. The van der Waals surface area contributed by atoms with Crippen LogP contribution >= 0.6 is 11.8 Å². The molecule has 0 amide bonds. The molecule has 1 aromatic heterocycles. The first-order chi connectivity index (χ1) is 10.0. The van der Waals surface area contributed by atoms with E-state index in [-0.39, 0.29) is 0 Å². The summed E-state index contributed by atoms with van der Waals surface area (Å²) >= 11 is 1.49. The summed E-state index contributed by atoms with van der Waals surface area (Å²) in [5.74, 6) is 1.51. The Morgan fingerprint density at radius 3 is 2.57 bits per heavy atom. The number of aromatic nitrogens is 2. The van der Waals surface area contributed by atoms with Crippen molar-refractivity contribution in [3.8, 4) is 0 Å². The third-order valence-corrected chi connectivity index (χ3v) is 3.49. The first-order valence-electron chi connectivity index (χ1n) is 7.13. The van der Waals surface area contributed by atoms with Crippen molar-refractivity contribution in [2.24, 2.45) is 0 Å². The number of anilines is 2. The minimum absolute atomic E-state index is 0.411. The molecule has 6 nitrogen and oxygen atoms in total. The molecule has 0 saturated heterocycles. The highest BCUT2D eigenvalue weighted by Gasteiger charge is 2.20. The zero-order chi connectivity index (χ0) is 15.7. The van der Waals surface area contributed by atoms with E-state index in [1.165, 1.54) is 11.8 Å². The van der Waals surface area contributed by atoms with E-state index in [1.54, 1.807) is 14.0 Å². The fraction of sp³-hybridized carbons (Fsp3) is 0.714. The highest BCUT2D eigenvalue weighted by molar-refractivity contribution is 7.98. The van der Waals surface area contributed by atoms with Crippen LogP contribution in [0.1, 0.15) is 26.7 Å². The van der Waals surface area contributed by atoms with Crippen LogP contribution in [0, 0.1) is 0 Å². The van der Waals surface area contributed by atoms with Crippen LogP contribution in [0.4, 0.5) is 11.6 Å². The van der Waals surface area contributed by atoms with Crippen molar-refractivity contribution in [2.45, 2.75) is 37.4 Å². The Hall–Kier alpha value is -1.05. The Morgan fingerprint density at radius 2 is 2.00 bits per heavy atom. The molecular weight excluding hydrogens is 288 g/mol. The van der Waals surface area contributed by atoms with Gasteiger partial charge in [0.25, 0.3) is 0 Å². The SMILES string of the molecule is CCCNc1cc(NCC(C)(O)CCOC)nc(SC)n1. The normalized spacial score (nSPS) is 13.8. The van der Waals surface area contributed by atoms with Crippen molar-refractivity contribution in [1.29, 1.82) is 0 Å². The van der Waals surface area contributed by atoms with Crippen molar-refractivity contribution in [3.63, 3.8) is 0 Å². The maximum absolute atomic E-state index is 10.2. The van der Waals surface area contributed by atoms with Crippen LogP contribution in [0.5, 0.6) is 0 Å². The summed E-state index contributed by atoms with van der Waals surface area (Å²) in [6, 6.07) is 1.86. The molecule has 0 fully saturated rings. The standard InChI is InChI=1S/C14H26N4O2S/c1-5-7-15-11-9-12(18-13(17-11)21-4)16-10-14(2,19)6-8-20-3/h9,19H,5-8,10H2,1-4H3,(H2,15,16,17,18). The van der Waals surface area contributed by atoms with E-state index >= 15 is 0 Å². The zero-order valence-corrected chi connectivity index (χ0v) is 14.1. The Kier molecular flexibility index (Phi) is 7.77. The molecule has 0 saturated carbocycles. The predicted octanol–water partition coefficient (Wildman–Crippen LogP) is 2.22. The zero-order valence-electron chi connectivity index (χ0n) is 13.3. The van der Waals surface area contributed by atoms with Gasteiger partial charge in [-0.25, -0.2) is 9.97 Å². The number of thioether (sulfide) groups is 1. The molecule has 1 unspecified atom stereocenters. The summed E-state index contributed by atoms with van der Waals surface area (Å²) in [6.45, 7) is 5.70. The number of nitrogens with zero attached hydrogens (tertiary/aromatic N) is 2. The van der Waals surface area contributed by atoms with Crippen LogP contribution in [0.3, 0.4) is 0 Å². The maximum atomic E-state index is 10.2. The van der Waals surface area contributed by atoms with E-state index < -0.39 is 5.60 Å². The van der Waals surface area contributed by atoms with Crippen molar-refractivity contribution >= 4 is 23.4 Å². The largest absolute Gasteiger partial charge is 0.388 e. The van der Waals surface area contributed by atoms with Crippen molar-refractivity contribution < 1.29 is 9.84 Å². The summed E-state index contributed by atoms with van der Waals surface area (Å²) in [5.41, 5.74) is -0.836. The summed E-state index contributed by atoms with van der Waals surface area (Å²) in [4.78, 5) is 8.80. The fourth-order valence-corrected chi connectivity index (χ4v) is 2.02. The first-order valence-corrected chi connectivity index (χ1v) is 8.35. The number of rotatable bonds is 10. The molecule has 1 atom stereocenters. The number of methoxy groups -OCH3 is 1. The fourth-order valence-electron chi connectivity index (χ4n) is 1.64. The summed E-state index contributed by atoms with van der Waals surface area (Å²) in [7, 11) is 1.63. The molecule has 1 aromatic rings. The predicted molar refractivity (Wildman–Crippen MR) is 88.2 cm³/mol. The first kappa shape index (κ1) is 18.0. The Labute approximate surface area is 131 Å². The van der Waals surface area contributed by atoms with Crippen LogP contribution in [0.15, 0.2) is 11.2 Å². The van der Waals surface area contributed by atoms with Gasteiger partial charge in [-0.15, -0.1) is 0 Å². The Balaban J connectivity index is 2.68. The number of hydrogen-bond acceptors (Lipinski definition) is 7. The number of ether oxygens (including phenoxy) is 1. The quantitative estimate of drug-likeness (QED) is 0.451. The minimum atomic E-state index is -0.836. The van der Waals surface area contributed by atoms with E-state index in [0.29, 0.717) is 30.5 Å². The molecule has 1 heterocycles. The molecule has 1 rings (SSSR count). The van der Waals surface area contributed by atoms with Crippen LogP contribution in [-0.2, 0) is 4.74 Å². The molecule has 7 heteroatoms. The maximum Gasteiger partial charge on any atom is 0.191 e. The van der Waals surface area contributed by atoms with Gasteiger partial charge in [-0.1, -0.05) is 18.7 Å². The lowest BCUT2D eigenvalue weighted by Gasteiger charge is -2.23. The molecule has 0 aromatic carbocycles. The molecule has 0 spiro atoms. The highest BCUT2D eigenvalue weighted by atomic mass is 32.2. The summed E-state index contributed by atoms with van der Waals surface area (Å²) in [6.07, 6.45) is 3.54. The monoisotopic (exact) mass is 314 g/mol. The van der Waals surface area contributed by atoms with Crippen molar-refractivity contribution in [1.82, 2.24) is 9.97 Å². The van der Waals surface area contributed by atoms with Crippen LogP contribution in [0.25, 0.3) is 0 Å². The lowest BCUT2D eigenvalue weighted by molar-refractivity contribution is 0.0357. The van der Waals surface area contributed by atoms with Gasteiger partial charge in [0.1, 0.15) is 11.6 Å². The third-order valence-electron chi connectivity index (χ3n) is 2.94. The van der Waals surface area contributed by atoms with Crippen LogP contribution < -0.4 is 10.6 Å². The van der Waals surface area contributed by atoms with E-state index in [4.69, 9.17) is 4.74 Å². The molecule has 21 heavy (non-hydrogen) atoms. The van der Waals surface area contributed by atoms with Gasteiger partial charge in [0.15, 0.2) is 5.16 Å². The van der Waals surface area contributed by atoms with Gasteiger partial charge in [0.05, 0.1) is 5.60 Å². The lowest BCUT2D eigenvalue weighted by Crippen LogP contribution is -2.34. The van der Waals surface area contributed by atoms with Crippen molar-refractivity contribution in [3.05, 3.63) is 6.07 Å².